The summed E-state index contributed by atoms with van der Waals surface area (Å²) >= 11 is 6.79. The van der Waals surface area contributed by atoms with Crippen LogP contribution in [0.5, 0.6) is 0 Å². The molecule has 2 aromatic rings. The van der Waals surface area contributed by atoms with Gasteiger partial charge in [0.25, 0.3) is 0 Å². The molecule has 5 heteroatoms. The van der Waals surface area contributed by atoms with E-state index in [0.29, 0.717) is 0 Å². The Hall–Kier alpha value is -0.420. The second-order valence-electron chi connectivity index (χ2n) is 2.35. The zero-order valence-corrected chi connectivity index (χ0v) is 9.21. The summed E-state index contributed by atoms with van der Waals surface area (Å²) in [5.74, 6) is 0. The van der Waals surface area contributed by atoms with E-state index < -0.39 is 0 Å². The molecule has 0 aliphatic rings. The van der Waals surface area contributed by atoms with Crippen LogP contribution in [0.3, 0.4) is 0 Å². The molecule has 0 saturated carbocycles. The smallest absolute Gasteiger partial charge is 0.156 e. The van der Waals surface area contributed by atoms with Crippen molar-refractivity contribution in [3.63, 3.8) is 0 Å². The molecule has 2 aromatic heterocycles. The Balaban J connectivity index is 2.75. The van der Waals surface area contributed by atoms with Crippen molar-refractivity contribution in [2.24, 2.45) is 0 Å². The van der Waals surface area contributed by atoms with Crippen LogP contribution in [-0.2, 0) is 5.33 Å². The fourth-order valence-electron chi connectivity index (χ4n) is 1.01. The summed E-state index contributed by atoms with van der Waals surface area (Å²) in [7, 11) is 0. The summed E-state index contributed by atoms with van der Waals surface area (Å²) in [6.07, 6.45) is 1.54. The predicted molar refractivity (Wildman–Crippen MR) is 53.3 cm³/mol. The van der Waals surface area contributed by atoms with Crippen LogP contribution in [0.4, 0.5) is 0 Å². The molecule has 0 bridgehead atoms. The minimum Gasteiger partial charge on any atom is -0.215 e. The number of nitrogens with zero attached hydrogens (tertiary/aromatic N) is 3. The Kier molecular flexibility index (Phi) is 2.14. The molecule has 62 valence electrons. The Bertz CT molecular complexity index is 410. The minimum atomic E-state index is 0.828. The average Bonchev–Trinajstić information content (AvgIpc) is 2.52. The molecule has 0 spiro atoms. The van der Waals surface area contributed by atoms with Crippen LogP contribution in [0.25, 0.3) is 5.65 Å². The summed E-state index contributed by atoms with van der Waals surface area (Å²) in [5.41, 5.74) is 2.04. The topological polar surface area (TPSA) is 30.2 Å². The third kappa shape index (κ3) is 1.27. The monoisotopic (exact) mass is 289 g/mol. The molecule has 2 rings (SSSR count). The molecule has 0 N–H and O–H groups in total. The molecular formula is C7H5Br2N3. The number of halogens is 2. The highest BCUT2D eigenvalue weighted by atomic mass is 79.9. The van der Waals surface area contributed by atoms with Crippen molar-refractivity contribution in [2.75, 3.05) is 0 Å². The maximum absolute atomic E-state index is 4.09. The molecular weight excluding hydrogens is 286 g/mol. The van der Waals surface area contributed by atoms with Gasteiger partial charge in [0.15, 0.2) is 5.65 Å². The standard InChI is InChI=1S/C7H5Br2N3/c8-3-5-1-6(9)12-7(2-5)10-4-11-12/h1-2,4H,3H2. The lowest BCUT2D eigenvalue weighted by Gasteiger charge is -1.98. The average molecular weight is 291 g/mol. The lowest BCUT2D eigenvalue weighted by atomic mass is 10.3. The zero-order valence-electron chi connectivity index (χ0n) is 6.04. The van der Waals surface area contributed by atoms with Crippen LogP contribution in [0.2, 0.25) is 0 Å². The van der Waals surface area contributed by atoms with Crippen molar-refractivity contribution in [3.05, 3.63) is 28.6 Å². The maximum atomic E-state index is 4.09. The lowest BCUT2D eigenvalue weighted by molar-refractivity contribution is 0.931. The van der Waals surface area contributed by atoms with Crippen LogP contribution < -0.4 is 0 Å². The largest absolute Gasteiger partial charge is 0.215 e. The first kappa shape index (κ1) is 8.19. The van der Waals surface area contributed by atoms with E-state index in [1.54, 1.807) is 4.52 Å². The number of hydrogen-bond acceptors (Lipinski definition) is 2. The van der Waals surface area contributed by atoms with Gasteiger partial charge >= 0.3 is 0 Å². The number of alkyl halides is 1. The third-order valence-electron chi connectivity index (χ3n) is 1.55. The van der Waals surface area contributed by atoms with Crippen molar-refractivity contribution in [1.29, 1.82) is 0 Å². The van der Waals surface area contributed by atoms with Gasteiger partial charge in [0.1, 0.15) is 10.9 Å². The van der Waals surface area contributed by atoms with Crippen molar-refractivity contribution >= 4 is 37.5 Å². The van der Waals surface area contributed by atoms with E-state index in [9.17, 15) is 0 Å². The second-order valence-corrected chi connectivity index (χ2v) is 3.72. The molecule has 0 unspecified atom stereocenters. The molecule has 0 aliphatic carbocycles. The fourth-order valence-corrected chi connectivity index (χ4v) is 1.90. The molecule has 0 saturated heterocycles. The minimum absolute atomic E-state index is 0.828. The summed E-state index contributed by atoms with van der Waals surface area (Å²) in [4.78, 5) is 4.09. The summed E-state index contributed by atoms with van der Waals surface area (Å²) in [6.45, 7) is 0. The molecule has 0 amide bonds. The van der Waals surface area contributed by atoms with Crippen LogP contribution in [0, 0.1) is 0 Å². The molecule has 2 heterocycles. The number of rotatable bonds is 1. The van der Waals surface area contributed by atoms with Crippen molar-refractivity contribution in [2.45, 2.75) is 5.33 Å². The van der Waals surface area contributed by atoms with Crippen LogP contribution in [0.1, 0.15) is 5.56 Å². The third-order valence-corrected chi connectivity index (χ3v) is 2.76. The highest BCUT2D eigenvalue weighted by molar-refractivity contribution is 9.10. The zero-order chi connectivity index (χ0) is 8.55. The molecule has 12 heavy (non-hydrogen) atoms. The highest BCUT2D eigenvalue weighted by Crippen LogP contribution is 2.16. The van der Waals surface area contributed by atoms with E-state index in [0.717, 1.165) is 15.6 Å². The van der Waals surface area contributed by atoms with Crippen LogP contribution in [-0.4, -0.2) is 14.6 Å². The lowest BCUT2D eigenvalue weighted by Crippen LogP contribution is -1.91. The predicted octanol–water partition coefficient (Wildman–Crippen LogP) is 2.39. The van der Waals surface area contributed by atoms with Gasteiger partial charge in [0.2, 0.25) is 0 Å². The van der Waals surface area contributed by atoms with E-state index in [2.05, 4.69) is 41.9 Å². The van der Waals surface area contributed by atoms with Gasteiger partial charge in [-0.25, -0.2) is 9.50 Å². The highest BCUT2D eigenvalue weighted by Gasteiger charge is 2.01. The first-order valence-corrected chi connectivity index (χ1v) is 5.27. The molecule has 0 aliphatic heterocycles. The Morgan fingerprint density at radius 1 is 1.42 bits per heavy atom. The van der Waals surface area contributed by atoms with E-state index in [1.807, 2.05) is 12.1 Å². The van der Waals surface area contributed by atoms with Gasteiger partial charge in [-0.1, -0.05) is 15.9 Å². The molecule has 0 radical (unpaired) electrons. The molecule has 0 fully saturated rings. The summed E-state index contributed by atoms with van der Waals surface area (Å²) in [5, 5.41) is 4.87. The van der Waals surface area contributed by atoms with Gasteiger partial charge in [-0.2, -0.15) is 5.10 Å². The van der Waals surface area contributed by atoms with E-state index in [-0.39, 0.29) is 0 Å². The van der Waals surface area contributed by atoms with Gasteiger partial charge < -0.3 is 0 Å². The Labute approximate surface area is 86.1 Å². The van der Waals surface area contributed by atoms with Gasteiger partial charge in [-0.05, 0) is 33.6 Å². The van der Waals surface area contributed by atoms with E-state index in [1.165, 1.54) is 11.9 Å². The van der Waals surface area contributed by atoms with Crippen LogP contribution in [0.15, 0.2) is 23.1 Å². The Morgan fingerprint density at radius 3 is 3.00 bits per heavy atom. The first-order chi connectivity index (χ1) is 5.81. The van der Waals surface area contributed by atoms with Crippen LogP contribution >= 0.6 is 31.9 Å². The number of fused-ring (bicyclic) bond motifs is 1. The number of pyridine rings is 1. The quantitative estimate of drug-likeness (QED) is 0.596. The first-order valence-electron chi connectivity index (χ1n) is 3.35. The van der Waals surface area contributed by atoms with E-state index in [4.69, 9.17) is 0 Å². The normalized spacial score (nSPS) is 10.8. The molecule has 0 aromatic carbocycles. The van der Waals surface area contributed by atoms with Crippen molar-refractivity contribution < 1.29 is 0 Å². The fraction of sp³-hybridized carbons (Fsp3) is 0.143. The van der Waals surface area contributed by atoms with Gasteiger partial charge in [0, 0.05) is 5.33 Å². The van der Waals surface area contributed by atoms with Gasteiger partial charge in [0.05, 0.1) is 0 Å². The number of aromatic nitrogens is 3. The Morgan fingerprint density at radius 2 is 2.25 bits per heavy atom. The van der Waals surface area contributed by atoms with Crippen molar-refractivity contribution in [1.82, 2.24) is 14.6 Å². The SMILES string of the molecule is BrCc1cc(Br)n2ncnc2c1. The number of hydrogen-bond donors (Lipinski definition) is 0. The van der Waals surface area contributed by atoms with Gasteiger partial charge in [-0.3, -0.25) is 0 Å². The summed E-state index contributed by atoms with van der Waals surface area (Å²) in [6, 6.07) is 4.00. The van der Waals surface area contributed by atoms with E-state index >= 15 is 0 Å². The molecule has 3 nitrogen and oxygen atoms in total. The summed E-state index contributed by atoms with van der Waals surface area (Å²) < 4.78 is 2.67. The van der Waals surface area contributed by atoms with Crippen molar-refractivity contribution in [3.8, 4) is 0 Å². The second kappa shape index (κ2) is 3.14. The van der Waals surface area contributed by atoms with Gasteiger partial charge in [-0.15, -0.1) is 0 Å². The maximum Gasteiger partial charge on any atom is 0.156 e. The molecule has 0 atom stereocenters.